The second-order valence-corrected chi connectivity index (χ2v) is 8.88. The number of carbonyl (C=O) groups is 1. The van der Waals surface area contributed by atoms with E-state index in [9.17, 15) is 4.79 Å². The van der Waals surface area contributed by atoms with Gasteiger partial charge >= 0.3 is 0 Å². The lowest BCUT2D eigenvalue weighted by Gasteiger charge is -2.24. The summed E-state index contributed by atoms with van der Waals surface area (Å²) >= 11 is 1.72. The molecule has 0 saturated carbocycles. The molecule has 3 aromatic rings. The summed E-state index contributed by atoms with van der Waals surface area (Å²) in [6.07, 6.45) is 2.36. The molecular weight excluding hydrogens is 396 g/mol. The Morgan fingerprint density at radius 3 is 2.83 bits per heavy atom. The molecule has 1 unspecified atom stereocenters. The van der Waals surface area contributed by atoms with E-state index in [1.165, 1.54) is 10.4 Å². The van der Waals surface area contributed by atoms with E-state index in [1.807, 2.05) is 43.3 Å². The van der Waals surface area contributed by atoms with Crippen molar-refractivity contribution >= 4 is 23.1 Å². The summed E-state index contributed by atoms with van der Waals surface area (Å²) in [5.41, 5.74) is 2.98. The van der Waals surface area contributed by atoms with Gasteiger partial charge in [-0.3, -0.25) is 9.69 Å². The number of anilines is 1. The first-order chi connectivity index (χ1) is 14.6. The molecule has 30 heavy (non-hydrogen) atoms. The highest BCUT2D eigenvalue weighted by Crippen LogP contribution is 2.19. The fourth-order valence-corrected chi connectivity index (χ4v) is 4.49. The second kappa shape index (κ2) is 9.55. The van der Waals surface area contributed by atoms with E-state index in [-0.39, 0.29) is 12.0 Å². The standard InChI is InChI=1S/C23H28N4O2S/c1-17-7-9-19(10-8-17)27-22(13-18(2)25-27)24-23(28)16-26(14-20-5-3-11-29-20)15-21-6-4-12-30-21/h4,6-10,12-13,20H,3,5,11,14-16H2,1-2H3,(H,24,28). The van der Waals surface area contributed by atoms with Gasteiger partial charge in [-0.1, -0.05) is 23.8 Å². The van der Waals surface area contributed by atoms with Crippen LogP contribution >= 0.6 is 11.3 Å². The van der Waals surface area contributed by atoms with Crippen LogP contribution in [0, 0.1) is 13.8 Å². The molecule has 0 bridgehead atoms. The van der Waals surface area contributed by atoms with Gasteiger partial charge in [0.2, 0.25) is 5.91 Å². The van der Waals surface area contributed by atoms with Crippen molar-refractivity contribution < 1.29 is 9.53 Å². The summed E-state index contributed by atoms with van der Waals surface area (Å²) in [7, 11) is 0. The molecule has 0 spiro atoms. The first-order valence-electron chi connectivity index (χ1n) is 10.4. The van der Waals surface area contributed by atoms with Crippen molar-refractivity contribution in [2.24, 2.45) is 0 Å². The van der Waals surface area contributed by atoms with Gasteiger partial charge in [0.1, 0.15) is 5.82 Å². The molecule has 1 N–H and O–H groups in total. The normalized spacial score (nSPS) is 16.3. The molecule has 1 amide bonds. The van der Waals surface area contributed by atoms with Crippen molar-refractivity contribution in [2.75, 3.05) is 25.0 Å². The predicted molar refractivity (Wildman–Crippen MR) is 120 cm³/mol. The molecule has 0 radical (unpaired) electrons. The molecule has 1 fully saturated rings. The summed E-state index contributed by atoms with van der Waals surface area (Å²) in [5, 5.41) is 9.69. The molecule has 6 nitrogen and oxygen atoms in total. The minimum Gasteiger partial charge on any atom is -0.377 e. The first-order valence-corrected chi connectivity index (χ1v) is 11.2. The van der Waals surface area contributed by atoms with Gasteiger partial charge in [0.25, 0.3) is 0 Å². The SMILES string of the molecule is Cc1ccc(-n2nc(C)cc2NC(=O)CN(Cc2cccs2)CC2CCCO2)cc1. The Labute approximate surface area is 181 Å². The number of hydrogen-bond acceptors (Lipinski definition) is 5. The van der Waals surface area contributed by atoms with Crippen molar-refractivity contribution in [1.29, 1.82) is 0 Å². The summed E-state index contributed by atoms with van der Waals surface area (Å²) < 4.78 is 7.60. The fraction of sp³-hybridized carbons (Fsp3) is 0.391. The Hall–Kier alpha value is -2.48. The van der Waals surface area contributed by atoms with Crippen LogP contribution in [0.1, 0.15) is 29.0 Å². The second-order valence-electron chi connectivity index (χ2n) is 7.85. The van der Waals surface area contributed by atoms with Crippen LogP contribution in [0.3, 0.4) is 0 Å². The molecule has 0 aliphatic carbocycles. The first kappa shape index (κ1) is 20.8. The average Bonchev–Trinajstić information content (AvgIpc) is 3.46. The maximum atomic E-state index is 12.9. The lowest BCUT2D eigenvalue weighted by molar-refractivity contribution is -0.117. The largest absolute Gasteiger partial charge is 0.377 e. The quantitative estimate of drug-likeness (QED) is 0.590. The van der Waals surface area contributed by atoms with E-state index in [1.54, 1.807) is 16.0 Å². The Morgan fingerprint density at radius 2 is 2.13 bits per heavy atom. The van der Waals surface area contributed by atoms with Crippen LogP contribution < -0.4 is 5.32 Å². The molecule has 1 aromatic carbocycles. The number of benzene rings is 1. The summed E-state index contributed by atoms with van der Waals surface area (Å²) in [6.45, 7) is 6.63. The van der Waals surface area contributed by atoms with Crippen LogP contribution in [-0.2, 0) is 16.1 Å². The molecule has 1 atom stereocenters. The van der Waals surface area contributed by atoms with Crippen LogP contribution in [0.5, 0.6) is 0 Å². The van der Waals surface area contributed by atoms with Gasteiger partial charge in [-0.2, -0.15) is 5.10 Å². The van der Waals surface area contributed by atoms with Gasteiger partial charge in [0.15, 0.2) is 0 Å². The summed E-state index contributed by atoms with van der Waals surface area (Å²) in [4.78, 5) is 16.4. The number of amides is 1. The number of carbonyl (C=O) groups excluding carboxylic acids is 1. The molecule has 4 rings (SSSR count). The molecule has 3 heterocycles. The van der Waals surface area contributed by atoms with E-state index in [4.69, 9.17) is 4.74 Å². The van der Waals surface area contributed by atoms with Crippen molar-refractivity contribution in [2.45, 2.75) is 39.3 Å². The fourth-order valence-electron chi connectivity index (χ4n) is 3.74. The minimum atomic E-state index is -0.0437. The van der Waals surface area contributed by atoms with Crippen LogP contribution in [0.2, 0.25) is 0 Å². The van der Waals surface area contributed by atoms with E-state index in [0.29, 0.717) is 12.4 Å². The zero-order valence-corrected chi connectivity index (χ0v) is 18.3. The van der Waals surface area contributed by atoms with Gasteiger partial charge in [-0.05, 0) is 50.3 Å². The Bertz CT molecular complexity index is 960. The number of aromatic nitrogens is 2. The van der Waals surface area contributed by atoms with E-state index in [2.05, 4.69) is 33.7 Å². The molecule has 1 aliphatic heterocycles. The minimum absolute atomic E-state index is 0.0437. The third kappa shape index (κ3) is 5.36. The lowest BCUT2D eigenvalue weighted by atomic mass is 10.2. The summed E-state index contributed by atoms with van der Waals surface area (Å²) in [5.74, 6) is 0.646. The van der Waals surface area contributed by atoms with Crippen molar-refractivity contribution in [3.8, 4) is 5.69 Å². The van der Waals surface area contributed by atoms with Crippen LogP contribution in [0.4, 0.5) is 5.82 Å². The number of nitrogens with one attached hydrogen (secondary N) is 1. The van der Waals surface area contributed by atoms with Gasteiger partial charge in [-0.25, -0.2) is 4.68 Å². The van der Waals surface area contributed by atoms with Crippen molar-refractivity contribution in [3.05, 3.63) is 64.0 Å². The number of aryl methyl sites for hydroxylation is 2. The van der Waals surface area contributed by atoms with E-state index in [0.717, 1.165) is 43.9 Å². The highest BCUT2D eigenvalue weighted by Gasteiger charge is 2.22. The smallest absolute Gasteiger partial charge is 0.239 e. The zero-order chi connectivity index (χ0) is 20.9. The third-order valence-corrected chi connectivity index (χ3v) is 6.05. The Morgan fingerprint density at radius 1 is 1.30 bits per heavy atom. The molecule has 1 aliphatic rings. The highest BCUT2D eigenvalue weighted by molar-refractivity contribution is 7.09. The zero-order valence-electron chi connectivity index (χ0n) is 17.5. The third-order valence-electron chi connectivity index (χ3n) is 5.19. The van der Waals surface area contributed by atoms with E-state index >= 15 is 0 Å². The number of rotatable bonds is 8. The number of thiophene rings is 1. The monoisotopic (exact) mass is 424 g/mol. The van der Waals surface area contributed by atoms with Gasteiger partial charge < -0.3 is 10.1 Å². The molecule has 2 aromatic heterocycles. The number of hydrogen-bond donors (Lipinski definition) is 1. The van der Waals surface area contributed by atoms with Gasteiger partial charge in [-0.15, -0.1) is 11.3 Å². The van der Waals surface area contributed by atoms with Crippen molar-refractivity contribution in [1.82, 2.24) is 14.7 Å². The number of ether oxygens (including phenoxy) is 1. The summed E-state index contributed by atoms with van der Waals surface area (Å²) in [6, 6.07) is 14.2. The average molecular weight is 425 g/mol. The molecule has 7 heteroatoms. The van der Waals surface area contributed by atoms with Crippen LogP contribution in [-0.4, -0.2) is 46.4 Å². The Balaban J connectivity index is 1.45. The van der Waals surface area contributed by atoms with E-state index < -0.39 is 0 Å². The molecular formula is C23H28N4O2S. The number of nitrogens with zero attached hydrogens (tertiary/aromatic N) is 3. The molecule has 1 saturated heterocycles. The lowest BCUT2D eigenvalue weighted by Crippen LogP contribution is -2.38. The Kier molecular flexibility index (Phi) is 6.62. The van der Waals surface area contributed by atoms with Gasteiger partial charge in [0.05, 0.1) is 24.0 Å². The van der Waals surface area contributed by atoms with Crippen LogP contribution in [0.25, 0.3) is 5.69 Å². The predicted octanol–water partition coefficient (Wildman–Crippen LogP) is 4.17. The maximum Gasteiger partial charge on any atom is 0.239 e. The van der Waals surface area contributed by atoms with Crippen molar-refractivity contribution in [3.63, 3.8) is 0 Å². The molecule has 158 valence electrons. The van der Waals surface area contributed by atoms with Crippen LogP contribution in [0.15, 0.2) is 47.8 Å². The van der Waals surface area contributed by atoms with Gasteiger partial charge in [0, 0.05) is 30.6 Å². The highest BCUT2D eigenvalue weighted by atomic mass is 32.1. The topological polar surface area (TPSA) is 59.4 Å². The maximum absolute atomic E-state index is 12.9.